The molecule has 3 heteroatoms. The zero-order valence-electron chi connectivity index (χ0n) is 7.75. The molecule has 1 rings (SSSR count). The Hall–Kier alpha value is 0.270. The van der Waals surface area contributed by atoms with Gasteiger partial charge in [0.1, 0.15) is 0 Å². The molecule has 0 spiro atoms. The third kappa shape index (κ3) is 3.33. The highest BCUT2D eigenvalue weighted by molar-refractivity contribution is 7.99. The van der Waals surface area contributed by atoms with Crippen LogP contribution in [0.2, 0.25) is 0 Å². The Labute approximate surface area is 78.9 Å². The summed E-state index contributed by atoms with van der Waals surface area (Å²) in [5.74, 6) is 2.39. The Bertz CT molecular complexity index is 130. The van der Waals surface area contributed by atoms with E-state index in [0.717, 1.165) is 25.0 Å². The standard InChI is InChI=1S/C9H19NOS/c1-8(11)7-9(10)3-2-5-12-6-4-9/h8,11H,2-7,10H2,1H3. The monoisotopic (exact) mass is 189 g/mol. The molecule has 1 fully saturated rings. The predicted molar refractivity (Wildman–Crippen MR) is 54.4 cm³/mol. The molecule has 0 aromatic heterocycles. The lowest BCUT2D eigenvalue weighted by atomic mass is 9.86. The van der Waals surface area contributed by atoms with Crippen LogP contribution < -0.4 is 5.73 Å². The number of nitrogens with two attached hydrogens (primary N) is 1. The van der Waals surface area contributed by atoms with Crippen LogP contribution in [0.4, 0.5) is 0 Å². The van der Waals surface area contributed by atoms with E-state index in [9.17, 15) is 5.11 Å². The Morgan fingerprint density at radius 1 is 1.50 bits per heavy atom. The van der Waals surface area contributed by atoms with Crippen molar-refractivity contribution in [2.75, 3.05) is 11.5 Å². The van der Waals surface area contributed by atoms with Gasteiger partial charge in [0.05, 0.1) is 6.10 Å². The molecule has 2 unspecified atom stereocenters. The Kier molecular flexibility index (Phi) is 3.87. The van der Waals surface area contributed by atoms with Gasteiger partial charge in [0.15, 0.2) is 0 Å². The van der Waals surface area contributed by atoms with E-state index < -0.39 is 0 Å². The molecule has 1 heterocycles. The van der Waals surface area contributed by atoms with E-state index in [0.29, 0.717) is 0 Å². The lowest BCUT2D eigenvalue weighted by Crippen LogP contribution is -2.42. The molecule has 0 aliphatic carbocycles. The van der Waals surface area contributed by atoms with Crippen molar-refractivity contribution in [3.05, 3.63) is 0 Å². The van der Waals surface area contributed by atoms with Crippen molar-refractivity contribution in [1.29, 1.82) is 0 Å². The molecule has 2 atom stereocenters. The van der Waals surface area contributed by atoms with Crippen molar-refractivity contribution in [2.24, 2.45) is 5.73 Å². The van der Waals surface area contributed by atoms with Crippen molar-refractivity contribution < 1.29 is 5.11 Å². The minimum Gasteiger partial charge on any atom is -0.393 e. The number of aliphatic hydroxyl groups is 1. The summed E-state index contributed by atoms with van der Waals surface area (Å²) in [6.07, 6.45) is 3.84. The molecule has 0 radical (unpaired) electrons. The first-order valence-corrected chi connectivity index (χ1v) is 5.83. The first-order chi connectivity index (χ1) is 5.62. The third-order valence-corrected chi connectivity index (χ3v) is 3.48. The van der Waals surface area contributed by atoms with Crippen LogP contribution in [0.25, 0.3) is 0 Å². The zero-order chi connectivity index (χ0) is 9.03. The van der Waals surface area contributed by atoms with Gasteiger partial charge < -0.3 is 10.8 Å². The Balaban J connectivity index is 2.42. The second kappa shape index (κ2) is 4.49. The fourth-order valence-electron chi connectivity index (χ4n) is 1.82. The summed E-state index contributed by atoms with van der Waals surface area (Å²) < 4.78 is 0. The van der Waals surface area contributed by atoms with Crippen LogP contribution in [0.1, 0.15) is 32.6 Å². The molecular weight excluding hydrogens is 170 g/mol. The molecule has 12 heavy (non-hydrogen) atoms. The second-order valence-corrected chi connectivity index (χ2v) is 5.11. The van der Waals surface area contributed by atoms with E-state index in [1.54, 1.807) is 0 Å². The highest BCUT2D eigenvalue weighted by atomic mass is 32.2. The average Bonchev–Trinajstić information content (AvgIpc) is 2.12. The minimum atomic E-state index is -0.252. The topological polar surface area (TPSA) is 46.2 Å². The van der Waals surface area contributed by atoms with Gasteiger partial charge in [-0.05, 0) is 44.1 Å². The maximum Gasteiger partial charge on any atom is 0.0529 e. The lowest BCUT2D eigenvalue weighted by Gasteiger charge is -2.28. The van der Waals surface area contributed by atoms with Crippen molar-refractivity contribution in [2.45, 2.75) is 44.2 Å². The van der Waals surface area contributed by atoms with Gasteiger partial charge in [0, 0.05) is 5.54 Å². The molecule has 1 aliphatic rings. The van der Waals surface area contributed by atoms with Crippen LogP contribution in [-0.2, 0) is 0 Å². The summed E-state index contributed by atoms with van der Waals surface area (Å²) in [6, 6.07) is 0. The molecule has 1 aliphatic heterocycles. The van der Waals surface area contributed by atoms with Gasteiger partial charge in [0.2, 0.25) is 0 Å². The van der Waals surface area contributed by atoms with E-state index in [2.05, 4.69) is 0 Å². The van der Waals surface area contributed by atoms with E-state index in [-0.39, 0.29) is 11.6 Å². The van der Waals surface area contributed by atoms with E-state index >= 15 is 0 Å². The summed E-state index contributed by atoms with van der Waals surface area (Å²) in [5.41, 5.74) is 6.10. The third-order valence-electron chi connectivity index (χ3n) is 2.41. The summed E-state index contributed by atoms with van der Waals surface area (Å²) >= 11 is 1.98. The van der Waals surface area contributed by atoms with E-state index in [4.69, 9.17) is 5.73 Å². The van der Waals surface area contributed by atoms with Crippen molar-refractivity contribution in [3.8, 4) is 0 Å². The van der Waals surface area contributed by atoms with Gasteiger partial charge in [-0.1, -0.05) is 0 Å². The van der Waals surface area contributed by atoms with Crippen LogP contribution in [-0.4, -0.2) is 28.3 Å². The average molecular weight is 189 g/mol. The summed E-state index contributed by atoms with van der Waals surface area (Å²) in [5, 5.41) is 9.27. The SMILES string of the molecule is CC(O)CC1(N)CCCSCC1. The van der Waals surface area contributed by atoms with Crippen LogP contribution in [0, 0.1) is 0 Å². The molecule has 0 amide bonds. The molecule has 1 saturated heterocycles. The van der Waals surface area contributed by atoms with Gasteiger partial charge in [0.25, 0.3) is 0 Å². The van der Waals surface area contributed by atoms with Gasteiger partial charge in [-0.25, -0.2) is 0 Å². The van der Waals surface area contributed by atoms with Gasteiger partial charge in [-0.2, -0.15) is 11.8 Å². The fraction of sp³-hybridized carbons (Fsp3) is 1.00. The number of aliphatic hydroxyl groups excluding tert-OH is 1. The van der Waals surface area contributed by atoms with Crippen molar-refractivity contribution in [1.82, 2.24) is 0 Å². The summed E-state index contributed by atoms with van der Waals surface area (Å²) in [4.78, 5) is 0. The molecule has 0 bridgehead atoms. The lowest BCUT2D eigenvalue weighted by molar-refractivity contribution is 0.143. The predicted octanol–water partition coefficient (Wildman–Crippen LogP) is 1.37. The van der Waals surface area contributed by atoms with Gasteiger partial charge in [-0.3, -0.25) is 0 Å². The molecular formula is C9H19NOS. The molecule has 0 aromatic rings. The van der Waals surface area contributed by atoms with Gasteiger partial charge in [-0.15, -0.1) is 0 Å². The smallest absolute Gasteiger partial charge is 0.0529 e. The van der Waals surface area contributed by atoms with E-state index in [1.807, 2.05) is 18.7 Å². The number of hydrogen-bond donors (Lipinski definition) is 2. The van der Waals surface area contributed by atoms with Crippen molar-refractivity contribution >= 4 is 11.8 Å². The van der Waals surface area contributed by atoms with Gasteiger partial charge >= 0.3 is 0 Å². The van der Waals surface area contributed by atoms with Crippen molar-refractivity contribution in [3.63, 3.8) is 0 Å². The van der Waals surface area contributed by atoms with E-state index in [1.165, 1.54) is 12.2 Å². The number of rotatable bonds is 2. The van der Waals surface area contributed by atoms with Crippen LogP contribution in [0.5, 0.6) is 0 Å². The quantitative estimate of drug-likeness (QED) is 0.689. The number of hydrogen-bond acceptors (Lipinski definition) is 3. The normalized spacial score (nSPS) is 34.2. The van der Waals surface area contributed by atoms with Crippen LogP contribution in [0.15, 0.2) is 0 Å². The summed E-state index contributed by atoms with van der Waals surface area (Å²) in [6.45, 7) is 1.83. The molecule has 3 N–H and O–H groups in total. The Morgan fingerprint density at radius 2 is 2.25 bits per heavy atom. The maximum atomic E-state index is 9.27. The largest absolute Gasteiger partial charge is 0.393 e. The number of thioether (sulfide) groups is 1. The highest BCUT2D eigenvalue weighted by Gasteiger charge is 2.27. The Morgan fingerprint density at radius 3 is 2.92 bits per heavy atom. The van der Waals surface area contributed by atoms with Crippen LogP contribution >= 0.6 is 11.8 Å². The minimum absolute atomic E-state index is 0.0856. The summed E-state index contributed by atoms with van der Waals surface area (Å²) in [7, 11) is 0. The highest BCUT2D eigenvalue weighted by Crippen LogP contribution is 2.27. The maximum absolute atomic E-state index is 9.27. The first-order valence-electron chi connectivity index (χ1n) is 4.67. The molecule has 2 nitrogen and oxygen atoms in total. The molecule has 0 saturated carbocycles. The molecule has 72 valence electrons. The first kappa shape index (κ1) is 10.4. The molecule has 0 aromatic carbocycles. The van der Waals surface area contributed by atoms with Crippen LogP contribution in [0.3, 0.4) is 0 Å². The fourth-order valence-corrected chi connectivity index (χ4v) is 2.92. The zero-order valence-corrected chi connectivity index (χ0v) is 8.57. The second-order valence-electron chi connectivity index (χ2n) is 3.88.